The average Bonchev–Trinajstić information content (AvgIpc) is 3.13. The van der Waals surface area contributed by atoms with Crippen LogP contribution in [0.25, 0.3) is 0 Å². The number of carbonyl (C=O) groups excluding carboxylic acids is 1. The number of hydrogen-bond acceptors (Lipinski definition) is 5. The van der Waals surface area contributed by atoms with Crippen LogP contribution in [-0.2, 0) is 0 Å². The summed E-state index contributed by atoms with van der Waals surface area (Å²) in [7, 11) is 0. The Kier molecular flexibility index (Phi) is 4.52. The summed E-state index contributed by atoms with van der Waals surface area (Å²) in [5.74, 6) is 0.394. The van der Waals surface area contributed by atoms with Gasteiger partial charge < -0.3 is 20.1 Å². The van der Waals surface area contributed by atoms with Gasteiger partial charge in [0.1, 0.15) is 5.82 Å². The monoisotopic (exact) mass is 385 g/mol. The minimum atomic E-state index is -0.550. The summed E-state index contributed by atoms with van der Waals surface area (Å²) in [5, 5.41) is 5.75. The Hall–Kier alpha value is -3.32. The van der Waals surface area contributed by atoms with E-state index in [4.69, 9.17) is 21.1 Å². The fourth-order valence-electron chi connectivity index (χ4n) is 2.55. The summed E-state index contributed by atoms with van der Waals surface area (Å²) < 4.78 is 23.8. The number of nitrogens with zero attached hydrogens (tertiary/aromatic N) is 1. The van der Waals surface area contributed by atoms with E-state index in [2.05, 4.69) is 15.6 Å². The van der Waals surface area contributed by atoms with Crippen LogP contribution in [0, 0.1) is 5.82 Å². The fourth-order valence-corrected chi connectivity index (χ4v) is 2.73. The maximum absolute atomic E-state index is 13.2. The Morgan fingerprint density at radius 1 is 1.00 bits per heavy atom. The lowest BCUT2D eigenvalue weighted by Crippen LogP contribution is -2.12. The van der Waals surface area contributed by atoms with E-state index in [0.717, 1.165) is 5.69 Å². The molecule has 8 heteroatoms. The van der Waals surface area contributed by atoms with Crippen LogP contribution < -0.4 is 20.1 Å². The number of halogens is 2. The molecule has 0 unspecified atom stereocenters. The fraction of sp³-hybridized carbons (Fsp3) is 0.0526. The number of ether oxygens (including phenoxy) is 2. The summed E-state index contributed by atoms with van der Waals surface area (Å²) in [5.41, 5.74) is 2.12. The Morgan fingerprint density at radius 3 is 2.67 bits per heavy atom. The first-order valence-electron chi connectivity index (χ1n) is 7.96. The van der Waals surface area contributed by atoms with Crippen molar-refractivity contribution in [3.63, 3.8) is 0 Å². The number of carbonyl (C=O) groups is 1. The Bertz CT molecular complexity index is 1030. The minimum Gasteiger partial charge on any atom is -0.454 e. The number of anilines is 3. The highest BCUT2D eigenvalue weighted by Crippen LogP contribution is 2.35. The van der Waals surface area contributed by atoms with E-state index < -0.39 is 5.82 Å². The van der Waals surface area contributed by atoms with Crippen LogP contribution in [0.3, 0.4) is 0 Å². The molecule has 3 aromatic rings. The highest BCUT2D eigenvalue weighted by atomic mass is 35.5. The first-order chi connectivity index (χ1) is 13.1. The number of pyridine rings is 1. The lowest BCUT2D eigenvalue weighted by molar-refractivity contribution is 0.102. The average molecular weight is 386 g/mol. The van der Waals surface area contributed by atoms with Gasteiger partial charge in [0.2, 0.25) is 6.79 Å². The second-order valence-corrected chi connectivity index (χ2v) is 6.15. The van der Waals surface area contributed by atoms with Crippen molar-refractivity contribution in [1.29, 1.82) is 0 Å². The van der Waals surface area contributed by atoms with E-state index in [1.807, 2.05) is 6.07 Å². The lowest BCUT2D eigenvalue weighted by atomic mass is 10.2. The molecule has 6 nitrogen and oxygen atoms in total. The number of amides is 1. The highest BCUT2D eigenvalue weighted by molar-refractivity contribution is 6.31. The van der Waals surface area contributed by atoms with Gasteiger partial charge >= 0.3 is 0 Å². The molecule has 2 N–H and O–H groups in total. The molecule has 4 rings (SSSR count). The predicted molar refractivity (Wildman–Crippen MR) is 99.4 cm³/mol. The summed E-state index contributed by atoms with van der Waals surface area (Å²) in [6, 6.07) is 11.0. The van der Waals surface area contributed by atoms with Crippen LogP contribution in [0.15, 0.2) is 54.9 Å². The van der Waals surface area contributed by atoms with Gasteiger partial charge in [-0.2, -0.15) is 0 Å². The molecule has 136 valence electrons. The summed E-state index contributed by atoms with van der Waals surface area (Å²) >= 11 is 5.73. The van der Waals surface area contributed by atoms with Crippen molar-refractivity contribution in [1.82, 2.24) is 4.98 Å². The molecule has 1 amide bonds. The molecule has 0 spiro atoms. The molecule has 1 aliphatic rings. The number of hydrogen-bond donors (Lipinski definition) is 2. The van der Waals surface area contributed by atoms with Gasteiger partial charge in [-0.3, -0.25) is 9.78 Å². The van der Waals surface area contributed by atoms with Crippen LogP contribution in [0.2, 0.25) is 5.02 Å². The van der Waals surface area contributed by atoms with Crippen molar-refractivity contribution >= 4 is 34.6 Å². The molecule has 0 atom stereocenters. The Labute approximate surface area is 158 Å². The summed E-state index contributed by atoms with van der Waals surface area (Å²) in [6.45, 7) is 0.198. The van der Waals surface area contributed by atoms with Crippen LogP contribution in [-0.4, -0.2) is 17.7 Å². The zero-order valence-electron chi connectivity index (χ0n) is 13.8. The normalized spacial score (nSPS) is 11.9. The van der Waals surface area contributed by atoms with Crippen LogP contribution in [0.1, 0.15) is 10.4 Å². The molecular formula is C19H13ClFN3O3. The molecule has 0 saturated carbocycles. The molecule has 2 aromatic carbocycles. The third kappa shape index (κ3) is 3.78. The summed E-state index contributed by atoms with van der Waals surface area (Å²) in [4.78, 5) is 16.5. The van der Waals surface area contributed by atoms with Crippen LogP contribution >= 0.6 is 11.6 Å². The Morgan fingerprint density at radius 2 is 1.81 bits per heavy atom. The zero-order chi connectivity index (χ0) is 18.8. The van der Waals surface area contributed by atoms with Gasteiger partial charge in [0.15, 0.2) is 11.5 Å². The van der Waals surface area contributed by atoms with E-state index in [0.29, 0.717) is 28.4 Å². The number of rotatable bonds is 4. The van der Waals surface area contributed by atoms with E-state index in [-0.39, 0.29) is 17.7 Å². The smallest absolute Gasteiger partial charge is 0.257 e. The third-order valence-corrected chi connectivity index (χ3v) is 4.13. The van der Waals surface area contributed by atoms with Crippen molar-refractivity contribution in [2.24, 2.45) is 0 Å². The molecule has 27 heavy (non-hydrogen) atoms. The van der Waals surface area contributed by atoms with Crippen molar-refractivity contribution in [3.8, 4) is 11.5 Å². The van der Waals surface area contributed by atoms with Crippen LogP contribution in [0.4, 0.5) is 21.5 Å². The Balaban J connectivity index is 1.49. The van der Waals surface area contributed by atoms with Gasteiger partial charge in [-0.25, -0.2) is 4.39 Å². The third-order valence-electron chi connectivity index (χ3n) is 3.84. The topological polar surface area (TPSA) is 72.5 Å². The quantitative estimate of drug-likeness (QED) is 0.686. The maximum Gasteiger partial charge on any atom is 0.257 e. The van der Waals surface area contributed by atoms with Gasteiger partial charge in [0, 0.05) is 23.6 Å². The van der Waals surface area contributed by atoms with Crippen LogP contribution in [0.5, 0.6) is 11.5 Å². The standard InChI is InChI=1S/C19H13ClFN3O3/c20-15-6-12(1-3-16(15)21)24-19(25)11-5-14(9-22-8-11)23-13-2-4-17-18(7-13)27-10-26-17/h1-9,23H,10H2,(H,24,25). The van der Waals surface area contributed by atoms with Gasteiger partial charge in [-0.05, 0) is 36.4 Å². The predicted octanol–water partition coefficient (Wildman–Crippen LogP) is 4.60. The summed E-state index contributed by atoms with van der Waals surface area (Å²) in [6.07, 6.45) is 3.03. The molecule has 1 aliphatic heterocycles. The maximum atomic E-state index is 13.2. The van der Waals surface area contributed by atoms with Crippen molar-refractivity contribution in [2.75, 3.05) is 17.4 Å². The molecule has 0 bridgehead atoms. The van der Waals surface area contributed by atoms with E-state index in [1.165, 1.54) is 24.4 Å². The van der Waals surface area contributed by atoms with E-state index in [9.17, 15) is 9.18 Å². The van der Waals surface area contributed by atoms with E-state index >= 15 is 0 Å². The molecule has 2 heterocycles. The molecule has 0 radical (unpaired) electrons. The van der Waals surface area contributed by atoms with Gasteiger partial charge in [0.05, 0.1) is 22.5 Å². The molecule has 1 aromatic heterocycles. The number of nitrogens with one attached hydrogen (secondary N) is 2. The number of fused-ring (bicyclic) bond motifs is 1. The second-order valence-electron chi connectivity index (χ2n) is 5.74. The van der Waals surface area contributed by atoms with Crippen molar-refractivity contribution in [2.45, 2.75) is 0 Å². The first-order valence-corrected chi connectivity index (χ1v) is 8.34. The lowest BCUT2D eigenvalue weighted by Gasteiger charge is -2.09. The van der Waals surface area contributed by atoms with Crippen molar-refractivity contribution < 1.29 is 18.7 Å². The van der Waals surface area contributed by atoms with Gasteiger partial charge in [-0.1, -0.05) is 11.6 Å². The number of benzene rings is 2. The SMILES string of the molecule is O=C(Nc1ccc(F)c(Cl)c1)c1cncc(Nc2ccc3c(c2)OCO3)c1. The first kappa shape index (κ1) is 17.1. The number of aromatic nitrogens is 1. The molecule has 0 saturated heterocycles. The van der Waals surface area contributed by atoms with E-state index in [1.54, 1.807) is 24.4 Å². The second kappa shape index (κ2) is 7.13. The van der Waals surface area contributed by atoms with Gasteiger partial charge in [0.25, 0.3) is 5.91 Å². The zero-order valence-corrected chi connectivity index (χ0v) is 14.6. The molecule has 0 fully saturated rings. The largest absolute Gasteiger partial charge is 0.454 e. The van der Waals surface area contributed by atoms with Crippen molar-refractivity contribution in [3.05, 3.63) is 71.3 Å². The molecule has 0 aliphatic carbocycles. The highest BCUT2D eigenvalue weighted by Gasteiger charge is 2.14. The van der Waals surface area contributed by atoms with Gasteiger partial charge in [-0.15, -0.1) is 0 Å². The molecular weight excluding hydrogens is 373 g/mol. The minimum absolute atomic E-state index is 0.0656.